The van der Waals surface area contributed by atoms with E-state index in [1.54, 1.807) is 0 Å². The summed E-state index contributed by atoms with van der Waals surface area (Å²) >= 11 is 0. The lowest BCUT2D eigenvalue weighted by Crippen LogP contribution is -2.19. The molecule has 0 fully saturated rings. The second-order valence-electron chi connectivity index (χ2n) is 3.46. The highest BCUT2D eigenvalue weighted by molar-refractivity contribution is 5.88. The Morgan fingerprint density at radius 3 is 3.00 bits per heavy atom. The van der Waals surface area contributed by atoms with Gasteiger partial charge in [0.05, 0.1) is 6.54 Å². The summed E-state index contributed by atoms with van der Waals surface area (Å²) in [5.74, 6) is 0.242. The van der Waals surface area contributed by atoms with Crippen molar-refractivity contribution in [2.45, 2.75) is 18.8 Å². The molecule has 1 unspecified atom stereocenters. The first-order valence-corrected chi connectivity index (χ1v) is 4.63. The zero-order valence-electron chi connectivity index (χ0n) is 7.49. The van der Waals surface area contributed by atoms with Crippen LogP contribution in [0.5, 0.6) is 0 Å². The van der Waals surface area contributed by atoms with Crippen molar-refractivity contribution in [2.24, 2.45) is 5.73 Å². The van der Waals surface area contributed by atoms with Gasteiger partial charge < -0.3 is 5.73 Å². The molecule has 2 N–H and O–H groups in total. The average Bonchev–Trinajstić information content (AvgIpc) is 2.60. The number of nitrogens with two attached hydrogens (primary N) is 1. The van der Waals surface area contributed by atoms with Gasteiger partial charge >= 0.3 is 0 Å². The van der Waals surface area contributed by atoms with Crippen LogP contribution in [0.4, 0.5) is 0 Å². The molecule has 0 bridgehead atoms. The Balaban J connectivity index is 2.33. The molecule has 2 rings (SSSR count). The molecule has 0 saturated heterocycles. The lowest BCUT2D eigenvalue weighted by Gasteiger charge is -2.07. The minimum absolute atomic E-state index is 0.0706. The fourth-order valence-corrected chi connectivity index (χ4v) is 2.03. The van der Waals surface area contributed by atoms with Crippen LogP contribution in [0.1, 0.15) is 23.5 Å². The number of benzene rings is 1. The summed E-state index contributed by atoms with van der Waals surface area (Å²) in [6.07, 6.45) is 1.96. The second-order valence-corrected chi connectivity index (χ2v) is 3.46. The molecule has 1 aliphatic carbocycles. The normalized spacial score (nSPS) is 19.9. The van der Waals surface area contributed by atoms with Crippen LogP contribution in [0.15, 0.2) is 24.3 Å². The Hall–Kier alpha value is -1.15. The van der Waals surface area contributed by atoms with Crippen molar-refractivity contribution in [1.82, 2.24) is 0 Å². The Morgan fingerprint density at radius 1 is 1.46 bits per heavy atom. The maximum absolute atomic E-state index is 11.5. The summed E-state index contributed by atoms with van der Waals surface area (Å²) in [6, 6.07) is 8.15. The van der Waals surface area contributed by atoms with Crippen molar-refractivity contribution < 1.29 is 4.79 Å². The summed E-state index contributed by atoms with van der Waals surface area (Å²) in [5.41, 5.74) is 7.87. The average molecular weight is 175 g/mol. The van der Waals surface area contributed by atoms with Gasteiger partial charge in [0.1, 0.15) is 0 Å². The molecule has 13 heavy (non-hydrogen) atoms. The highest BCUT2D eigenvalue weighted by Gasteiger charge is 2.26. The maximum Gasteiger partial charge on any atom is 0.153 e. The SMILES string of the molecule is NCC(=O)C1CCc2ccccc21. The molecule has 0 amide bonds. The van der Waals surface area contributed by atoms with Crippen LogP contribution >= 0.6 is 0 Å². The van der Waals surface area contributed by atoms with Gasteiger partial charge in [-0.15, -0.1) is 0 Å². The topological polar surface area (TPSA) is 43.1 Å². The Labute approximate surface area is 77.8 Å². The van der Waals surface area contributed by atoms with E-state index in [0.29, 0.717) is 0 Å². The third-order valence-electron chi connectivity index (χ3n) is 2.72. The van der Waals surface area contributed by atoms with E-state index in [9.17, 15) is 4.79 Å². The van der Waals surface area contributed by atoms with Gasteiger partial charge in [0.2, 0.25) is 0 Å². The van der Waals surface area contributed by atoms with Crippen LogP contribution in [-0.2, 0) is 11.2 Å². The van der Waals surface area contributed by atoms with Gasteiger partial charge in [0.25, 0.3) is 0 Å². The fraction of sp³-hybridized carbons (Fsp3) is 0.364. The first kappa shape index (κ1) is 8.45. The quantitative estimate of drug-likeness (QED) is 0.735. The van der Waals surface area contributed by atoms with E-state index in [4.69, 9.17) is 5.73 Å². The number of hydrogen-bond acceptors (Lipinski definition) is 2. The van der Waals surface area contributed by atoms with E-state index in [1.165, 1.54) is 11.1 Å². The number of ketones is 1. The highest BCUT2D eigenvalue weighted by atomic mass is 16.1. The third kappa shape index (κ3) is 1.38. The van der Waals surface area contributed by atoms with Crippen LogP contribution in [-0.4, -0.2) is 12.3 Å². The highest BCUT2D eigenvalue weighted by Crippen LogP contribution is 2.32. The molecule has 1 aromatic carbocycles. The lowest BCUT2D eigenvalue weighted by atomic mass is 9.97. The summed E-state index contributed by atoms with van der Waals surface area (Å²) in [6.45, 7) is 0.166. The minimum atomic E-state index is 0.0706. The summed E-state index contributed by atoms with van der Waals surface area (Å²) in [7, 11) is 0. The molecule has 68 valence electrons. The van der Waals surface area contributed by atoms with Crippen molar-refractivity contribution >= 4 is 5.78 Å². The van der Waals surface area contributed by atoms with Gasteiger partial charge in [0, 0.05) is 5.92 Å². The number of rotatable bonds is 2. The van der Waals surface area contributed by atoms with Crippen LogP contribution in [0.2, 0.25) is 0 Å². The molecule has 1 aromatic rings. The summed E-state index contributed by atoms with van der Waals surface area (Å²) in [5, 5.41) is 0. The third-order valence-corrected chi connectivity index (χ3v) is 2.72. The number of fused-ring (bicyclic) bond motifs is 1. The maximum atomic E-state index is 11.5. The van der Waals surface area contributed by atoms with Crippen molar-refractivity contribution in [1.29, 1.82) is 0 Å². The summed E-state index contributed by atoms with van der Waals surface area (Å²) in [4.78, 5) is 11.5. The fourth-order valence-electron chi connectivity index (χ4n) is 2.03. The van der Waals surface area contributed by atoms with Crippen LogP contribution < -0.4 is 5.73 Å². The molecule has 0 saturated carbocycles. The molecule has 0 radical (unpaired) electrons. The van der Waals surface area contributed by atoms with Crippen molar-refractivity contribution in [2.75, 3.05) is 6.54 Å². The van der Waals surface area contributed by atoms with Gasteiger partial charge in [-0.25, -0.2) is 0 Å². The molecule has 2 nitrogen and oxygen atoms in total. The molecule has 2 heteroatoms. The van der Waals surface area contributed by atoms with Gasteiger partial charge in [-0.2, -0.15) is 0 Å². The summed E-state index contributed by atoms with van der Waals surface area (Å²) < 4.78 is 0. The van der Waals surface area contributed by atoms with E-state index in [-0.39, 0.29) is 18.2 Å². The first-order valence-electron chi connectivity index (χ1n) is 4.63. The largest absolute Gasteiger partial charge is 0.324 e. The number of carbonyl (C=O) groups excluding carboxylic acids is 1. The zero-order valence-corrected chi connectivity index (χ0v) is 7.49. The first-order chi connectivity index (χ1) is 6.33. The molecular formula is C11H13NO. The molecule has 1 aliphatic rings. The monoisotopic (exact) mass is 175 g/mol. The van der Waals surface area contributed by atoms with Crippen LogP contribution in [0, 0.1) is 0 Å². The van der Waals surface area contributed by atoms with Crippen molar-refractivity contribution in [3.63, 3.8) is 0 Å². The molecule has 0 aliphatic heterocycles. The Bertz CT molecular complexity index is 333. The standard InChI is InChI=1S/C11H13NO/c12-7-11(13)10-6-5-8-3-1-2-4-9(8)10/h1-4,10H,5-7,12H2. The van der Waals surface area contributed by atoms with Gasteiger partial charge in [-0.05, 0) is 24.0 Å². The Kier molecular flexibility index (Phi) is 2.15. The van der Waals surface area contributed by atoms with E-state index in [1.807, 2.05) is 18.2 Å². The zero-order chi connectivity index (χ0) is 9.26. The molecular weight excluding hydrogens is 162 g/mol. The van der Waals surface area contributed by atoms with E-state index >= 15 is 0 Å². The van der Waals surface area contributed by atoms with Gasteiger partial charge in [0.15, 0.2) is 5.78 Å². The van der Waals surface area contributed by atoms with Crippen molar-refractivity contribution in [3.8, 4) is 0 Å². The van der Waals surface area contributed by atoms with E-state index in [2.05, 4.69) is 6.07 Å². The number of hydrogen-bond donors (Lipinski definition) is 1. The van der Waals surface area contributed by atoms with Gasteiger partial charge in [-0.3, -0.25) is 4.79 Å². The number of Topliss-reactive ketones (excluding diaryl/α,β-unsaturated/α-hetero) is 1. The predicted molar refractivity (Wildman–Crippen MR) is 51.6 cm³/mol. The number of aryl methyl sites for hydroxylation is 1. The van der Waals surface area contributed by atoms with Gasteiger partial charge in [-0.1, -0.05) is 24.3 Å². The Morgan fingerprint density at radius 2 is 2.23 bits per heavy atom. The minimum Gasteiger partial charge on any atom is -0.324 e. The van der Waals surface area contributed by atoms with Crippen molar-refractivity contribution in [3.05, 3.63) is 35.4 Å². The molecule has 0 spiro atoms. The van der Waals surface area contributed by atoms with E-state index < -0.39 is 0 Å². The molecule has 0 aromatic heterocycles. The molecule has 1 atom stereocenters. The van der Waals surface area contributed by atoms with Crippen LogP contribution in [0.25, 0.3) is 0 Å². The van der Waals surface area contributed by atoms with Crippen LogP contribution in [0.3, 0.4) is 0 Å². The second kappa shape index (κ2) is 3.30. The lowest BCUT2D eigenvalue weighted by molar-refractivity contribution is -0.119. The predicted octanol–water partition coefficient (Wildman–Crippen LogP) is 1.24. The molecule has 0 heterocycles. The smallest absolute Gasteiger partial charge is 0.153 e. The number of carbonyl (C=O) groups is 1. The van der Waals surface area contributed by atoms with E-state index in [0.717, 1.165) is 12.8 Å².